The number of rotatable bonds is 11. The topological polar surface area (TPSA) is 38.5 Å². The molecular formula is C16H34N2O. The summed E-state index contributed by atoms with van der Waals surface area (Å²) < 4.78 is 5.83. The van der Waals surface area contributed by atoms with Crippen molar-refractivity contribution >= 4 is 0 Å². The van der Waals surface area contributed by atoms with E-state index in [4.69, 9.17) is 10.5 Å². The first-order valence-corrected chi connectivity index (χ1v) is 8.40. The van der Waals surface area contributed by atoms with Crippen molar-refractivity contribution in [2.45, 2.75) is 70.8 Å². The van der Waals surface area contributed by atoms with Crippen molar-refractivity contribution in [3.8, 4) is 0 Å². The normalized spacial score (nSPS) is 18.0. The van der Waals surface area contributed by atoms with Crippen molar-refractivity contribution < 1.29 is 4.74 Å². The number of hydrogen-bond donors (Lipinski definition) is 1. The van der Waals surface area contributed by atoms with Crippen LogP contribution in [-0.2, 0) is 4.74 Å². The molecule has 19 heavy (non-hydrogen) atoms. The molecule has 0 aromatic rings. The van der Waals surface area contributed by atoms with Gasteiger partial charge < -0.3 is 15.4 Å². The second-order valence-electron chi connectivity index (χ2n) is 5.82. The van der Waals surface area contributed by atoms with Crippen molar-refractivity contribution in [2.75, 3.05) is 32.8 Å². The summed E-state index contributed by atoms with van der Waals surface area (Å²) in [5.74, 6) is 0. The molecule has 0 amide bonds. The Bertz CT molecular complexity index is 188. The van der Waals surface area contributed by atoms with E-state index in [0.29, 0.717) is 6.10 Å². The Hall–Kier alpha value is -0.120. The van der Waals surface area contributed by atoms with E-state index in [-0.39, 0.29) is 0 Å². The molecule has 0 aliphatic carbocycles. The molecule has 0 aromatic heterocycles. The summed E-state index contributed by atoms with van der Waals surface area (Å²) in [6.07, 6.45) is 12.3. The van der Waals surface area contributed by atoms with E-state index >= 15 is 0 Å². The van der Waals surface area contributed by atoms with Crippen molar-refractivity contribution in [2.24, 2.45) is 5.73 Å². The Kier molecular flexibility index (Phi) is 10.4. The van der Waals surface area contributed by atoms with Gasteiger partial charge in [-0.05, 0) is 38.8 Å². The van der Waals surface area contributed by atoms with Crippen molar-refractivity contribution in [1.82, 2.24) is 4.90 Å². The lowest BCUT2D eigenvalue weighted by Gasteiger charge is -2.31. The average molecular weight is 270 g/mol. The highest BCUT2D eigenvalue weighted by Crippen LogP contribution is 2.15. The van der Waals surface area contributed by atoms with Gasteiger partial charge in [0, 0.05) is 19.7 Å². The van der Waals surface area contributed by atoms with E-state index in [0.717, 1.165) is 19.6 Å². The standard InChI is InChI=1S/C16H34N2O/c1-2-3-4-5-6-7-12-18-13-9-16(10-14-18)19-15-8-11-17/h16H,2-15,17H2,1H3. The number of piperidine rings is 1. The SMILES string of the molecule is CCCCCCCCN1CCC(OCCCN)CC1. The number of ether oxygens (including phenoxy) is 1. The first-order chi connectivity index (χ1) is 9.36. The summed E-state index contributed by atoms with van der Waals surface area (Å²) >= 11 is 0. The molecule has 1 rings (SSSR count). The number of hydrogen-bond acceptors (Lipinski definition) is 3. The lowest BCUT2D eigenvalue weighted by molar-refractivity contribution is 0.00700. The monoisotopic (exact) mass is 270 g/mol. The second kappa shape index (κ2) is 11.7. The third kappa shape index (κ3) is 8.61. The van der Waals surface area contributed by atoms with Gasteiger partial charge in [-0.1, -0.05) is 39.0 Å². The summed E-state index contributed by atoms with van der Waals surface area (Å²) in [4.78, 5) is 2.61. The minimum absolute atomic E-state index is 0.493. The smallest absolute Gasteiger partial charge is 0.0599 e. The molecule has 2 N–H and O–H groups in total. The highest BCUT2D eigenvalue weighted by Gasteiger charge is 2.18. The zero-order chi connectivity index (χ0) is 13.8. The van der Waals surface area contributed by atoms with Crippen molar-refractivity contribution in [3.63, 3.8) is 0 Å². The lowest BCUT2D eigenvalue weighted by Crippen LogP contribution is -2.37. The molecule has 0 spiro atoms. The largest absolute Gasteiger partial charge is 0.378 e. The summed E-state index contributed by atoms with van der Waals surface area (Å²) in [5.41, 5.74) is 5.48. The third-order valence-electron chi connectivity index (χ3n) is 4.06. The van der Waals surface area contributed by atoms with Gasteiger partial charge in [-0.3, -0.25) is 0 Å². The molecule has 1 saturated heterocycles. The Labute approximate surface area is 119 Å². The lowest BCUT2D eigenvalue weighted by atomic mass is 10.1. The molecule has 0 radical (unpaired) electrons. The van der Waals surface area contributed by atoms with Crippen LogP contribution in [0.1, 0.15) is 64.7 Å². The Morgan fingerprint density at radius 2 is 1.68 bits per heavy atom. The highest BCUT2D eigenvalue weighted by atomic mass is 16.5. The van der Waals surface area contributed by atoms with E-state index < -0.39 is 0 Å². The van der Waals surface area contributed by atoms with Gasteiger partial charge in [0.05, 0.1) is 6.10 Å². The van der Waals surface area contributed by atoms with Crippen LogP contribution in [0.15, 0.2) is 0 Å². The van der Waals surface area contributed by atoms with Crippen LogP contribution < -0.4 is 5.73 Å². The van der Waals surface area contributed by atoms with Gasteiger partial charge in [0.2, 0.25) is 0 Å². The fourth-order valence-electron chi connectivity index (χ4n) is 2.75. The summed E-state index contributed by atoms with van der Waals surface area (Å²) in [5, 5.41) is 0. The van der Waals surface area contributed by atoms with Gasteiger partial charge >= 0.3 is 0 Å². The van der Waals surface area contributed by atoms with Crippen molar-refractivity contribution in [3.05, 3.63) is 0 Å². The van der Waals surface area contributed by atoms with Gasteiger partial charge in [-0.15, -0.1) is 0 Å². The van der Waals surface area contributed by atoms with Crippen LogP contribution in [0.2, 0.25) is 0 Å². The van der Waals surface area contributed by atoms with E-state index in [1.165, 1.54) is 71.0 Å². The molecule has 0 saturated carbocycles. The van der Waals surface area contributed by atoms with E-state index in [1.54, 1.807) is 0 Å². The predicted molar refractivity (Wildman–Crippen MR) is 82.5 cm³/mol. The summed E-state index contributed by atoms with van der Waals surface area (Å²) in [7, 11) is 0. The van der Waals surface area contributed by atoms with Crippen LogP contribution in [0.4, 0.5) is 0 Å². The van der Waals surface area contributed by atoms with Gasteiger partial charge in [-0.2, -0.15) is 0 Å². The first-order valence-electron chi connectivity index (χ1n) is 8.40. The number of nitrogens with two attached hydrogens (primary N) is 1. The Morgan fingerprint density at radius 3 is 2.37 bits per heavy atom. The molecule has 0 atom stereocenters. The fourth-order valence-corrected chi connectivity index (χ4v) is 2.75. The molecule has 0 aromatic carbocycles. The molecule has 1 heterocycles. The molecule has 1 aliphatic rings. The number of unbranched alkanes of at least 4 members (excludes halogenated alkanes) is 5. The zero-order valence-corrected chi connectivity index (χ0v) is 12.9. The fraction of sp³-hybridized carbons (Fsp3) is 1.00. The van der Waals surface area contributed by atoms with Crippen LogP contribution in [0.25, 0.3) is 0 Å². The average Bonchev–Trinajstić information content (AvgIpc) is 2.44. The van der Waals surface area contributed by atoms with Crippen LogP contribution in [0.5, 0.6) is 0 Å². The molecule has 0 unspecified atom stereocenters. The van der Waals surface area contributed by atoms with E-state index in [9.17, 15) is 0 Å². The summed E-state index contributed by atoms with van der Waals surface area (Å²) in [6.45, 7) is 7.61. The molecule has 114 valence electrons. The van der Waals surface area contributed by atoms with Gasteiger partial charge in [0.15, 0.2) is 0 Å². The summed E-state index contributed by atoms with van der Waals surface area (Å²) in [6, 6.07) is 0. The van der Waals surface area contributed by atoms with Gasteiger partial charge in [0.1, 0.15) is 0 Å². The van der Waals surface area contributed by atoms with Crippen molar-refractivity contribution in [1.29, 1.82) is 0 Å². The second-order valence-corrected chi connectivity index (χ2v) is 5.82. The Balaban J connectivity index is 1.92. The maximum atomic E-state index is 5.83. The van der Waals surface area contributed by atoms with Crippen LogP contribution in [-0.4, -0.2) is 43.8 Å². The van der Waals surface area contributed by atoms with Crippen LogP contribution in [0.3, 0.4) is 0 Å². The third-order valence-corrected chi connectivity index (χ3v) is 4.06. The van der Waals surface area contributed by atoms with E-state index in [1.807, 2.05) is 0 Å². The number of likely N-dealkylation sites (tertiary alicyclic amines) is 1. The quantitative estimate of drug-likeness (QED) is 0.586. The first kappa shape index (κ1) is 16.9. The molecular weight excluding hydrogens is 236 g/mol. The Morgan fingerprint density at radius 1 is 1.00 bits per heavy atom. The minimum atomic E-state index is 0.493. The maximum absolute atomic E-state index is 5.83. The number of nitrogens with zero attached hydrogens (tertiary/aromatic N) is 1. The molecule has 3 heteroatoms. The van der Waals surface area contributed by atoms with Gasteiger partial charge in [-0.25, -0.2) is 0 Å². The zero-order valence-electron chi connectivity index (χ0n) is 12.9. The van der Waals surface area contributed by atoms with Crippen LogP contribution >= 0.6 is 0 Å². The molecule has 1 aliphatic heterocycles. The predicted octanol–water partition coefficient (Wildman–Crippen LogP) is 3.18. The maximum Gasteiger partial charge on any atom is 0.0599 e. The molecule has 1 fully saturated rings. The van der Waals surface area contributed by atoms with Gasteiger partial charge in [0.25, 0.3) is 0 Å². The minimum Gasteiger partial charge on any atom is -0.378 e. The highest BCUT2D eigenvalue weighted by molar-refractivity contribution is 4.72. The van der Waals surface area contributed by atoms with E-state index in [2.05, 4.69) is 11.8 Å². The molecule has 3 nitrogen and oxygen atoms in total. The molecule has 0 bridgehead atoms. The van der Waals surface area contributed by atoms with Crippen LogP contribution in [0, 0.1) is 0 Å².